The average molecular weight is 447 g/mol. The Kier molecular flexibility index (Phi) is 7.53. The molecule has 0 aromatic heterocycles. The quantitative estimate of drug-likeness (QED) is 0.635. The molecule has 1 amide bonds. The van der Waals surface area contributed by atoms with E-state index in [9.17, 15) is 14.2 Å². The number of benzene rings is 2. The fourth-order valence-electron chi connectivity index (χ4n) is 3.29. The minimum Gasteiger partial charge on any atom is -0.325 e. The van der Waals surface area contributed by atoms with Gasteiger partial charge < -0.3 is 14.4 Å². The number of hydrogen-bond acceptors (Lipinski definition) is 6. The molecule has 30 heavy (non-hydrogen) atoms. The van der Waals surface area contributed by atoms with Gasteiger partial charge in [-0.3, -0.25) is 14.2 Å². The second-order valence-corrected chi connectivity index (χ2v) is 10.2. The third kappa shape index (κ3) is 5.22. The van der Waals surface area contributed by atoms with Crippen molar-refractivity contribution in [1.82, 2.24) is 0 Å². The molecule has 0 saturated carbocycles. The lowest BCUT2D eigenvalue weighted by molar-refractivity contribution is -0.115. The first-order chi connectivity index (χ1) is 14.4. The number of amides is 1. The minimum atomic E-state index is -3.36. The highest BCUT2D eigenvalue weighted by Gasteiger charge is 2.28. The van der Waals surface area contributed by atoms with Crippen LogP contribution in [-0.4, -0.2) is 35.9 Å². The van der Waals surface area contributed by atoms with Gasteiger partial charge in [0.2, 0.25) is 5.91 Å². The minimum absolute atomic E-state index is 0.0564. The SMILES string of the molecule is CCOP(=O)(OCC)c1ccc(NC(=O)C2Cc3ccc(C)cc3C(=O)CS2)cc1. The molecule has 3 rings (SSSR count). The highest BCUT2D eigenvalue weighted by Crippen LogP contribution is 2.46. The van der Waals surface area contributed by atoms with Gasteiger partial charge in [-0.1, -0.05) is 17.7 Å². The molecule has 0 bridgehead atoms. The summed E-state index contributed by atoms with van der Waals surface area (Å²) in [5.74, 6) is 0.173. The largest absolute Gasteiger partial charge is 0.361 e. The van der Waals surface area contributed by atoms with E-state index in [4.69, 9.17) is 9.05 Å². The molecule has 0 fully saturated rings. The van der Waals surface area contributed by atoms with E-state index in [2.05, 4.69) is 5.32 Å². The van der Waals surface area contributed by atoms with E-state index in [1.165, 1.54) is 11.8 Å². The molecular formula is C22H26NO5PS. The fraction of sp³-hybridized carbons (Fsp3) is 0.364. The summed E-state index contributed by atoms with van der Waals surface area (Å²) in [5.41, 5.74) is 3.24. The second-order valence-electron chi connectivity index (χ2n) is 6.96. The summed E-state index contributed by atoms with van der Waals surface area (Å²) in [6, 6.07) is 12.4. The Morgan fingerprint density at radius 3 is 2.43 bits per heavy atom. The molecule has 1 atom stereocenters. The van der Waals surface area contributed by atoms with Crippen molar-refractivity contribution in [3.63, 3.8) is 0 Å². The lowest BCUT2D eigenvalue weighted by atomic mass is 9.98. The van der Waals surface area contributed by atoms with Gasteiger partial charge in [-0.25, -0.2) is 0 Å². The van der Waals surface area contributed by atoms with E-state index in [-0.39, 0.29) is 35.9 Å². The maximum Gasteiger partial charge on any atom is 0.361 e. The van der Waals surface area contributed by atoms with Crippen LogP contribution in [0.3, 0.4) is 0 Å². The lowest BCUT2D eigenvalue weighted by Crippen LogP contribution is -2.27. The molecule has 1 N–H and O–H groups in total. The van der Waals surface area contributed by atoms with Crippen LogP contribution in [0.4, 0.5) is 5.69 Å². The molecule has 0 aliphatic carbocycles. The molecule has 2 aromatic carbocycles. The Labute approximate surface area is 181 Å². The first kappa shape index (κ1) is 22.8. The van der Waals surface area contributed by atoms with Crippen molar-refractivity contribution < 1.29 is 23.2 Å². The predicted molar refractivity (Wildman–Crippen MR) is 121 cm³/mol. The number of Topliss-reactive ketones (excluding diaryl/α,β-unsaturated/α-hetero) is 1. The van der Waals surface area contributed by atoms with Crippen molar-refractivity contribution in [2.75, 3.05) is 24.3 Å². The standard InChI is InChI=1S/C22H26NO5PS/c1-4-27-29(26,28-5-2)18-10-8-17(9-11-18)23-22(25)21-13-16-7-6-15(3)12-19(16)20(24)14-30-21/h6-12,21H,4-5,13-14H2,1-3H3,(H,23,25). The van der Waals surface area contributed by atoms with E-state index >= 15 is 0 Å². The molecule has 1 aliphatic heterocycles. The summed E-state index contributed by atoms with van der Waals surface area (Å²) in [4.78, 5) is 25.3. The number of carbonyl (C=O) groups excluding carboxylic acids is 2. The van der Waals surface area contributed by atoms with Crippen LogP contribution in [0.25, 0.3) is 0 Å². The van der Waals surface area contributed by atoms with Gasteiger partial charge in [-0.05, 0) is 63.1 Å². The Bertz CT molecular complexity index is 966. The Balaban J connectivity index is 1.72. The van der Waals surface area contributed by atoms with Gasteiger partial charge in [0, 0.05) is 11.3 Å². The molecule has 6 nitrogen and oxygen atoms in total. The summed E-state index contributed by atoms with van der Waals surface area (Å²) in [6.07, 6.45) is 0.500. The molecule has 160 valence electrons. The van der Waals surface area contributed by atoms with E-state index in [1.807, 2.05) is 25.1 Å². The molecule has 1 unspecified atom stereocenters. The number of ketones is 1. The summed E-state index contributed by atoms with van der Waals surface area (Å²) in [5, 5.41) is 2.98. The monoisotopic (exact) mass is 447 g/mol. The highest BCUT2D eigenvalue weighted by molar-refractivity contribution is 8.01. The average Bonchev–Trinajstić information content (AvgIpc) is 2.88. The van der Waals surface area contributed by atoms with Crippen molar-refractivity contribution in [2.24, 2.45) is 0 Å². The third-order valence-corrected chi connectivity index (χ3v) is 8.07. The Hall–Kier alpha value is -1.92. The summed E-state index contributed by atoms with van der Waals surface area (Å²) < 4.78 is 23.5. The zero-order chi connectivity index (χ0) is 21.7. The normalized spacial score (nSPS) is 16.6. The number of nitrogens with one attached hydrogen (secondary N) is 1. The van der Waals surface area contributed by atoms with Gasteiger partial charge >= 0.3 is 7.60 Å². The lowest BCUT2D eigenvalue weighted by Gasteiger charge is -2.18. The first-order valence-electron chi connectivity index (χ1n) is 9.91. The zero-order valence-corrected chi connectivity index (χ0v) is 19.1. The van der Waals surface area contributed by atoms with Gasteiger partial charge in [-0.15, -0.1) is 11.8 Å². The Morgan fingerprint density at radius 2 is 1.80 bits per heavy atom. The maximum atomic E-state index is 12.8. The van der Waals surface area contributed by atoms with Gasteiger partial charge in [0.05, 0.1) is 29.5 Å². The van der Waals surface area contributed by atoms with Crippen molar-refractivity contribution in [3.8, 4) is 0 Å². The van der Waals surface area contributed by atoms with E-state index in [1.54, 1.807) is 38.1 Å². The predicted octanol–water partition coefficient (Wildman–Crippen LogP) is 4.37. The van der Waals surface area contributed by atoms with Crippen molar-refractivity contribution in [2.45, 2.75) is 32.4 Å². The number of thioether (sulfide) groups is 1. The van der Waals surface area contributed by atoms with Crippen LogP contribution >= 0.6 is 19.4 Å². The van der Waals surface area contributed by atoms with Crippen LogP contribution in [0.5, 0.6) is 0 Å². The number of carbonyl (C=O) groups is 2. The van der Waals surface area contributed by atoms with Gasteiger partial charge in [0.15, 0.2) is 5.78 Å². The number of hydrogen-bond donors (Lipinski definition) is 1. The maximum absolute atomic E-state index is 12.8. The fourth-order valence-corrected chi connectivity index (χ4v) is 5.87. The molecule has 0 spiro atoms. The summed E-state index contributed by atoms with van der Waals surface area (Å²) in [6.45, 7) is 6.02. The highest BCUT2D eigenvalue weighted by atomic mass is 32.2. The van der Waals surface area contributed by atoms with Crippen LogP contribution in [-0.2, 0) is 24.8 Å². The van der Waals surface area contributed by atoms with Gasteiger partial charge in [0.25, 0.3) is 0 Å². The molecule has 2 aromatic rings. The number of aryl methyl sites for hydroxylation is 1. The molecule has 0 saturated heterocycles. The van der Waals surface area contributed by atoms with Crippen LogP contribution in [0, 0.1) is 6.92 Å². The summed E-state index contributed by atoms with van der Waals surface area (Å²) in [7, 11) is -3.36. The number of fused-ring (bicyclic) bond motifs is 1. The van der Waals surface area contributed by atoms with Gasteiger partial charge in [-0.2, -0.15) is 0 Å². The molecule has 8 heteroatoms. The third-order valence-electron chi connectivity index (χ3n) is 4.73. The van der Waals surface area contributed by atoms with Crippen LogP contribution in [0.1, 0.15) is 35.3 Å². The molecule has 1 aliphatic rings. The zero-order valence-electron chi connectivity index (χ0n) is 17.3. The Morgan fingerprint density at radius 1 is 1.13 bits per heavy atom. The van der Waals surface area contributed by atoms with E-state index < -0.39 is 7.60 Å². The van der Waals surface area contributed by atoms with Crippen molar-refractivity contribution in [3.05, 3.63) is 59.2 Å². The van der Waals surface area contributed by atoms with E-state index in [0.29, 0.717) is 23.0 Å². The molecule has 0 radical (unpaired) electrons. The second kappa shape index (κ2) is 9.92. The first-order valence-corrected chi connectivity index (χ1v) is 12.5. The summed E-state index contributed by atoms with van der Waals surface area (Å²) >= 11 is 1.36. The smallest absolute Gasteiger partial charge is 0.325 e. The molecular weight excluding hydrogens is 421 g/mol. The number of anilines is 1. The molecule has 1 heterocycles. The van der Waals surface area contributed by atoms with Crippen LogP contribution in [0.15, 0.2) is 42.5 Å². The van der Waals surface area contributed by atoms with Gasteiger partial charge in [0.1, 0.15) is 0 Å². The van der Waals surface area contributed by atoms with Crippen molar-refractivity contribution >= 4 is 42.0 Å². The van der Waals surface area contributed by atoms with E-state index in [0.717, 1.165) is 11.1 Å². The van der Waals surface area contributed by atoms with Crippen LogP contribution < -0.4 is 10.6 Å². The van der Waals surface area contributed by atoms with Crippen LogP contribution in [0.2, 0.25) is 0 Å². The topological polar surface area (TPSA) is 81.7 Å². The number of rotatable bonds is 7. The van der Waals surface area contributed by atoms with Crippen molar-refractivity contribution in [1.29, 1.82) is 0 Å².